The van der Waals surface area contributed by atoms with E-state index in [4.69, 9.17) is 10.2 Å². The fraction of sp³-hybridized carbons (Fsp3) is 0.125. The molecule has 3 aromatic carbocycles. The largest absolute Gasteiger partial charge is 0.232 e. The number of aromatic nitrogens is 2. The van der Waals surface area contributed by atoms with E-state index in [1.807, 2.05) is 16.8 Å². The first-order valence-electron chi connectivity index (χ1n) is 9.62. The Balaban J connectivity index is 1.80. The second-order valence-electron chi connectivity index (χ2n) is 7.53. The van der Waals surface area contributed by atoms with Crippen molar-refractivity contribution in [2.75, 3.05) is 0 Å². The van der Waals surface area contributed by atoms with E-state index in [0.717, 1.165) is 28.2 Å². The monoisotopic (exact) mass is 417 g/mol. The zero-order valence-electron chi connectivity index (χ0n) is 16.9. The van der Waals surface area contributed by atoms with E-state index in [0.29, 0.717) is 5.56 Å². The number of sulfonamides is 1. The van der Waals surface area contributed by atoms with Gasteiger partial charge < -0.3 is 0 Å². The topological polar surface area (TPSA) is 78.0 Å². The third kappa shape index (κ3) is 4.50. The Bertz CT molecular complexity index is 1270. The van der Waals surface area contributed by atoms with Gasteiger partial charge in [0.15, 0.2) is 0 Å². The molecule has 0 saturated heterocycles. The number of primary sulfonamides is 1. The van der Waals surface area contributed by atoms with Crippen LogP contribution < -0.4 is 5.14 Å². The van der Waals surface area contributed by atoms with Crippen molar-refractivity contribution in [2.24, 2.45) is 5.14 Å². The molecule has 0 aliphatic rings. The van der Waals surface area contributed by atoms with Crippen LogP contribution in [-0.2, 0) is 15.8 Å². The van der Waals surface area contributed by atoms with Gasteiger partial charge in [0.2, 0.25) is 10.0 Å². The van der Waals surface area contributed by atoms with Crippen molar-refractivity contribution in [1.29, 1.82) is 0 Å². The van der Waals surface area contributed by atoms with E-state index in [-0.39, 0.29) is 5.75 Å². The van der Waals surface area contributed by atoms with Crippen LogP contribution in [0.3, 0.4) is 0 Å². The SMILES string of the molecule is Cc1ccc(-c2cc(-c3ccc(C)cc3)n(-c3ccc(CS(N)(=O)=O)cc3)n2)cc1. The first kappa shape index (κ1) is 20.1. The summed E-state index contributed by atoms with van der Waals surface area (Å²) in [6.07, 6.45) is 0. The Morgan fingerprint density at radius 2 is 1.33 bits per heavy atom. The van der Waals surface area contributed by atoms with Gasteiger partial charge in [-0.2, -0.15) is 5.10 Å². The Hall–Kier alpha value is -3.22. The summed E-state index contributed by atoms with van der Waals surface area (Å²) in [5, 5.41) is 10.0. The van der Waals surface area contributed by atoms with Crippen molar-refractivity contribution in [2.45, 2.75) is 19.6 Å². The molecule has 4 aromatic rings. The van der Waals surface area contributed by atoms with Gasteiger partial charge in [-0.3, -0.25) is 0 Å². The molecule has 0 saturated carbocycles. The molecule has 1 heterocycles. The number of benzene rings is 3. The molecule has 2 N–H and O–H groups in total. The maximum Gasteiger partial charge on any atom is 0.213 e. The van der Waals surface area contributed by atoms with Crippen molar-refractivity contribution in [3.63, 3.8) is 0 Å². The molecule has 6 heteroatoms. The van der Waals surface area contributed by atoms with Crippen molar-refractivity contribution in [3.8, 4) is 28.2 Å². The van der Waals surface area contributed by atoms with Gasteiger partial charge in [0.25, 0.3) is 0 Å². The molecule has 5 nitrogen and oxygen atoms in total. The summed E-state index contributed by atoms with van der Waals surface area (Å²) >= 11 is 0. The van der Waals surface area contributed by atoms with Crippen molar-refractivity contribution in [1.82, 2.24) is 9.78 Å². The summed E-state index contributed by atoms with van der Waals surface area (Å²) in [5.74, 6) is -0.189. The second-order valence-corrected chi connectivity index (χ2v) is 9.15. The minimum Gasteiger partial charge on any atom is -0.232 e. The van der Waals surface area contributed by atoms with Gasteiger partial charge >= 0.3 is 0 Å². The summed E-state index contributed by atoms with van der Waals surface area (Å²) in [6.45, 7) is 4.12. The summed E-state index contributed by atoms with van der Waals surface area (Å²) in [6, 6.07) is 25.9. The first-order chi connectivity index (χ1) is 14.3. The molecule has 152 valence electrons. The van der Waals surface area contributed by atoms with Gasteiger partial charge in [0.1, 0.15) is 0 Å². The van der Waals surface area contributed by atoms with Crippen LogP contribution >= 0.6 is 0 Å². The predicted molar refractivity (Wildman–Crippen MR) is 121 cm³/mol. The highest BCUT2D eigenvalue weighted by Gasteiger charge is 2.14. The number of hydrogen-bond acceptors (Lipinski definition) is 3. The van der Waals surface area contributed by atoms with Crippen molar-refractivity contribution < 1.29 is 8.42 Å². The molecule has 0 unspecified atom stereocenters. The normalized spacial score (nSPS) is 11.6. The Kier molecular flexibility index (Phi) is 5.28. The number of nitrogens with zero attached hydrogens (tertiary/aromatic N) is 2. The summed E-state index contributed by atoms with van der Waals surface area (Å²) in [5.41, 5.74) is 7.81. The van der Waals surface area contributed by atoms with Gasteiger partial charge in [-0.15, -0.1) is 0 Å². The third-order valence-corrected chi connectivity index (χ3v) is 5.69. The molecule has 0 atom stereocenters. The van der Waals surface area contributed by atoms with Gasteiger partial charge in [-0.25, -0.2) is 18.2 Å². The van der Waals surface area contributed by atoms with Crippen LogP contribution in [0.15, 0.2) is 78.9 Å². The molecular weight excluding hydrogens is 394 g/mol. The molecule has 0 fully saturated rings. The highest BCUT2D eigenvalue weighted by Crippen LogP contribution is 2.29. The average Bonchev–Trinajstić information content (AvgIpc) is 3.14. The van der Waals surface area contributed by atoms with Crippen LogP contribution in [0.1, 0.15) is 16.7 Å². The molecular formula is C24H23N3O2S. The zero-order valence-corrected chi connectivity index (χ0v) is 17.7. The smallest absolute Gasteiger partial charge is 0.213 e. The van der Waals surface area contributed by atoms with E-state index >= 15 is 0 Å². The lowest BCUT2D eigenvalue weighted by Gasteiger charge is -2.09. The van der Waals surface area contributed by atoms with E-state index in [2.05, 4.69) is 68.4 Å². The molecule has 0 spiro atoms. The first-order valence-corrected chi connectivity index (χ1v) is 11.3. The molecule has 1 aromatic heterocycles. The van der Waals surface area contributed by atoms with Crippen LogP contribution in [0.5, 0.6) is 0 Å². The Labute approximate surface area is 176 Å². The molecule has 4 rings (SSSR count). The number of aryl methyl sites for hydroxylation is 2. The zero-order chi connectivity index (χ0) is 21.3. The lowest BCUT2D eigenvalue weighted by atomic mass is 10.1. The van der Waals surface area contributed by atoms with Crippen LogP contribution in [0.25, 0.3) is 28.2 Å². The van der Waals surface area contributed by atoms with Crippen LogP contribution in [0, 0.1) is 13.8 Å². The fourth-order valence-corrected chi connectivity index (χ4v) is 4.00. The van der Waals surface area contributed by atoms with Gasteiger partial charge in [0.05, 0.1) is 22.8 Å². The van der Waals surface area contributed by atoms with Gasteiger partial charge in [0, 0.05) is 11.1 Å². The quantitative estimate of drug-likeness (QED) is 0.515. The van der Waals surface area contributed by atoms with Crippen LogP contribution in [0.4, 0.5) is 0 Å². The Morgan fingerprint density at radius 1 is 0.800 bits per heavy atom. The lowest BCUT2D eigenvalue weighted by Crippen LogP contribution is -2.14. The molecule has 0 radical (unpaired) electrons. The molecule has 0 aliphatic carbocycles. The van der Waals surface area contributed by atoms with E-state index in [9.17, 15) is 8.42 Å². The van der Waals surface area contributed by atoms with E-state index in [1.54, 1.807) is 12.1 Å². The van der Waals surface area contributed by atoms with Crippen molar-refractivity contribution >= 4 is 10.0 Å². The highest BCUT2D eigenvalue weighted by molar-refractivity contribution is 7.88. The van der Waals surface area contributed by atoms with Crippen molar-refractivity contribution in [3.05, 3.63) is 95.6 Å². The summed E-state index contributed by atoms with van der Waals surface area (Å²) < 4.78 is 24.6. The van der Waals surface area contributed by atoms with E-state index < -0.39 is 10.0 Å². The fourth-order valence-electron chi connectivity index (χ4n) is 3.34. The van der Waals surface area contributed by atoms with Crippen LogP contribution in [-0.4, -0.2) is 18.2 Å². The van der Waals surface area contributed by atoms with E-state index in [1.165, 1.54) is 11.1 Å². The summed E-state index contributed by atoms with van der Waals surface area (Å²) in [4.78, 5) is 0. The van der Waals surface area contributed by atoms with Gasteiger partial charge in [-0.1, -0.05) is 71.8 Å². The average molecular weight is 418 g/mol. The number of hydrogen-bond donors (Lipinski definition) is 1. The van der Waals surface area contributed by atoms with Crippen LogP contribution in [0.2, 0.25) is 0 Å². The Morgan fingerprint density at radius 3 is 1.87 bits per heavy atom. The number of rotatable bonds is 5. The van der Waals surface area contributed by atoms with Gasteiger partial charge in [-0.05, 0) is 37.6 Å². The molecule has 30 heavy (non-hydrogen) atoms. The third-order valence-electron chi connectivity index (χ3n) is 4.95. The second kappa shape index (κ2) is 7.89. The molecule has 0 amide bonds. The minimum atomic E-state index is -3.57. The maximum absolute atomic E-state index is 11.4. The highest BCUT2D eigenvalue weighted by atomic mass is 32.2. The molecule has 0 bridgehead atoms. The predicted octanol–water partition coefficient (Wildman–Crippen LogP) is 4.61. The minimum absolute atomic E-state index is 0.189. The lowest BCUT2D eigenvalue weighted by molar-refractivity contribution is 0.597. The maximum atomic E-state index is 11.4. The standard InChI is InChI=1S/C24H23N3O2S/c1-17-3-9-20(10-4-17)23-15-24(21-11-5-18(2)6-12-21)27(26-23)22-13-7-19(8-14-22)16-30(25,28)29/h3-15H,16H2,1-2H3,(H2,25,28,29). The molecule has 0 aliphatic heterocycles. The summed E-state index contributed by atoms with van der Waals surface area (Å²) in [7, 11) is -3.57. The number of nitrogens with two attached hydrogens (primary N) is 1.